The topological polar surface area (TPSA) is 70.0 Å². The number of aliphatic hydroxyl groups excluding tert-OH is 1. The van der Waals surface area contributed by atoms with Gasteiger partial charge in [-0.2, -0.15) is 21.6 Å². The van der Waals surface area contributed by atoms with E-state index in [1.807, 2.05) is 0 Å². The van der Waals surface area contributed by atoms with E-state index in [0.717, 1.165) is 6.34 Å². The molecule has 5 nitrogen and oxygen atoms in total. The fourth-order valence-corrected chi connectivity index (χ4v) is 3.47. The molecule has 0 saturated carbocycles. The molecule has 9 heteroatoms. The van der Waals surface area contributed by atoms with Crippen molar-refractivity contribution in [2.75, 3.05) is 14.1 Å². The van der Waals surface area contributed by atoms with Gasteiger partial charge in [-0.05, 0) is 23.5 Å². The van der Waals surface area contributed by atoms with Gasteiger partial charge in [0.25, 0.3) is 10.0 Å². The molecule has 0 aliphatic rings. The number of hydrogen-bond acceptors (Lipinski definition) is 3. The summed E-state index contributed by atoms with van der Waals surface area (Å²) in [5.41, 5.74) is -1.06. The fourth-order valence-electron chi connectivity index (χ4n) is 2.17. The standard InChI is InChI=1S/C15H21F3N2O3S/c1-14(2,9-13(21)15(16,17)18)11-7-5-6-8-12(11)24(22,23)19-10-20(3)4/h5-8,10,13,21H,9H2,1-4H3/b19-10+. The average Bonchev–Trinajstić information content (AvgIpc) is 2.44. The lowest BCUT2D eigenvalue weighted by atomic mass is 9.79. The molecule has 0 heterocycles. The van der Waals surface area contributed by atoms with Gasteiger partial charge in [0.15, 0.2) is 6.10 Å². The lowest BCUT2D eigenvalue weighted by Crippen LogP contribution is -2.35. The number of sulfonamides is 1. The van der Waals surface area contributed by atoms with Gasteiger partial charge < -0.3 is 10.0 Å². The van der Waals surface area contributed by atoms with E-state index >= 15 is 0 Å². The van der Waals surface area contributed by atoms with Crippen molar-refractivity contribution in [2.45, 2.75) is 42.9 Å². The third-order valence-electron chi connectivity index (χ3n) is 3.39. The van der Waals surface area contributed by atoms with Crippen LogP contribution in [-0.2, 0) is 15.4 Å². The quantitative estimate of drug-likeness (QED) is 0.621. The average molecular weight is 366 g/mol. The van der Waals surface area contributed by atoms with E-state index in [2.05, 4.69) is 4.40 Å². The van der Waals surface area contributed by atoms with E-state index < -0.39 is 34.1 Å². The van der Waals surface area contributed by atoms with Crippen LogP contribution in [0.15, 0.2) is 33.6 Å². The Morgan fingerprint density at radius 1 is 1.25 bits per heavy atom. The summed E-state index contributed by atoms with van der Waals surface area (Å²) in [4.78, 5) is 1.25. The van der Waals surface area contributed by atoms with E-state index in [9.17, 15) is 26.7 Å². The number of halogens is 3. The Bertz CT molecular complexity index is 698. The smallest absolute Gasteiger partial charge is 0.384 e. The highest BCUT2D eigenvalue weighted by molar-refractivity contribution is 7.90. The molecule has 1 N–H and O–H groups in total. The molecule has 0 spiro atoms. The van der Waals surface area contributed by atoms with Crippen molar-refractivity contribution in [3.8, 4) is 0 Å². The SMILES string of the molecule is CN(C)/C=N/S(=O)(=O)c1ccccc1C(C)(C)CC(O)C(F)(F)F. The molecule has 0 saturated heterocycles. The molecule has 0 aliphatic heterocycles. The van der Waals surface area contributed by atoms with Gasteiger partial charge >= 0.3 is 6.18 Å². The predicted molar refractivity (Wildman–Crippen MR) is 85.5 cm³/mol. The van der Waals surface area contributed by atoms with Gasteiger partial charge in [0.2, 0.25) is 0 Å². The molecule has 1 unspecified atom stereocenters. The van der Waals surface area contributed by atoms with Crippen LogP contribution in [0.1, 0.15) is 25.8 Å². The van der Waals surface area contributed by atoms with Crippen LogP contribution in [0.3, 0.4) is 0 Å². The molecular weight excluding hydrogens is 345 g/mol. The van der Waals surface area contributed by atoms with Crippen LogP contribution in [-0.4, -0.2) is 51.1 Å². The number of benzene rings is 1. The zero-order valence-corrected chi connectivity index (χ0v) is 14.7. The Kier molecular flexibility index (Phi) is 6.05. The highest BCUT2D eigenvalue weighted by Gasteiger charge is 2.42. The van der Waals surface area contributed by atoms with Gasteiger partial charge in [-0.25, -0.2) is 0 Å². The fraction of sp³-hybridized carbons (Fsp3) is 0.533. The molecule has 1 rings (SSSR count). The number of rotatable bonds is 6. The van der Waals surface area contributed by atoms with E-state index in [-0.39, 0.29) is 10.5 Å². The van der Waals surface area contributed by atoms with Crippen LogP contribution in [0.2, 0.25) is 0 Å². The number of nitrogens with zero attached hydrogens (tertiary/aromatic N) is 2. The van der Waals surface area contributed by atoms with Gasteiger partial charge in [0.05, 0.1) is 4.90 Å². The molecule has 0 fully saturated rings. The zero-order chi connectivity index (χ0) is 18.8. The van der Waals surface area contributed by atoms with Crippen molar-refractivity contribution in [3.05, 3.63) is 29.8 Å². The summed E-state index contributed by atoms with van der Waals surface area (Å²) in [6.07, 6.45) is -6.88. The summed E-state index contributed by atoms with van der Waals surface area (Å²) < 4.78 is 66.2. The van der Waals surface area contributed by atoms with Crippen molar-refractivity contribution < 1.29 is 26.7 Å². The molecule has 1 atom stereocenters. The number of hydrogen-bond donors (Lipinski definition) is 1. The third-order valence-corrected chi connectivity index (χ3v) is 4.68. The maximum atomic E-state index is 12.6. The summed E-state index contributed by atoms with van der Waals surface area (Å²) in [5, 5.41) is 9.34. The van der Waals surface area contributed by atoms with Gasteiger partial charge in [0, 0.05) is 14.1 Å². The first-order chi connectivity index (χ1) is 10.8. The van der Waals surface area contributed by atoms with E-state index in [1.54, 1.807) is 14.1 Å². The van der Waals surface area contributed by atoms with Gasteiger partial charge in [0.1, 0.15) is 6.34 Å². The van der Waals surface area contributed by atoms with E-state index in [0.29, 0.717) is 0 Å². The van der Waals surface area contributed by atoms with Gasteiger partial charge in [-0.3, -0.25) is 0 Å². The van der Waals surface area contributed by atoms with Crippen molar-refractivity contribution in [2.24, 2.45) is 4.40 Å². The Labute approximate surface area is 139 Å². The van der Waals surface area contributed by atoms with Crippen LogP contribution in [0, 0.1) is 0 Å². The van der Waals surface area contributed by atoms with Crippen molar-refractivity contribution >= 4 is 16.4 Å². The Hall–Kier alpha value is -1.61. The van der Waals surface area contributed by atoms with Crippen LogP contribution < -0.4 is 0 Å². The van der Waals surface area contributed by atoms with E-state index in [4.69, 9.17) is 0 Å². The molecule has 0 amide bonds. The first-order valence-corrected chi connectivity index (χ1v) is 8.52. The van der Waals surface area contributed by atoms with Crippen molar-refractivity contribution in [1.82, 2.24) is 4.90 Å². The highest BCUT2D eigenvalue weighted by Crippen LogP contribution is 2.37. The maximum Gasteiger partial charge on any atom is 0.414 e. The monoisotopic (exact) mass is 366 g/mol. The molecule has 1 aromatic rings. The molecule has 0 bridgehead atoms. The summed E-state index contributed by atoms with van der Waals surface area (Å²) in [6.45, 7) is 2.90. The maximum absolute atomic E-state index is 12.6. The van der Waals surface area contributed by atoms with Crippen LogP contribution in [0.5, 0.6) is 0 Å². The molecule has 0 aliphatic carbocycles. The molecule has 1 aromatic carbocycles. The minimum Gasteiger partial charge on any atom is -0.384 e. The van der Waals surface area contributed by atoms with Crippen LogP contribution in [0.25, 0.3) is 0 Å². The Balaban J connectivity index is 3.32. The van der Waals surface area contributed by atoms with Crippen LogP contribution in [0.4, 0.5) is 13.2 Å². The summed E-state index contributed by atoms with van der Waals surface area (Å²) in [5.74, 6) is 0. The molecule has 24 heavy (non-hydrogen) atoms. The number of alkyl halides is 3. The second-order valence-electron chi connectivity index (χ2n) is 6.30. The summed E-state index contributed by atoms with van der Waals surface area (Å²) >= 11 is 0. The second-order valence-corrected chi connectivity index (χ2v) is 7.90. The second kappa shape index (κ2) is 7.10. The van der Waals surface area contributed by atoms with Gasteiger partial charge in [-0.1, -0.05) is 32.0 Å². The molecule has 136 valence electrons. The lowest BCUT2D eigenvalue weighted by Gasteiger charge is -2.30. The first-order valence-electron chi connectivity index (χ1n) is 7.08. The number of aliphatic hydroxyl groups is 1. The van der Waals surface area contributed by atoms with Crippen LogP contribution >= 0.6 is 0 Å². The predicted octanol–water partition coefficient (Wildman–Crippen LogP) is 2.56. The Morgan fingerprint density at radius 2 is 1.79 bits per heavy atom. The molecular formula is C15H21F3N2O3S. The molecule has 0 radical (unpaired) electrons. The Morgan fingerprint density at radius 3 is 2.29 bits per heavy atom. The minimum atomic E-state index is -4.77. The summed E-state index contributed by atoms with van der Waals surface area (Å²) in [7, 11) is -0.892. The lowest BCUT2D eigenvalue weighted by molar-refractivity contribution is -0.209. The zero-order valence-electron chi connectivity index (χ0n) is 13.9. The largest absolute Gasteiger partial charge is 0.414 e. The summed E-state index contributed by atoms with van der Waals surface area (Å²) in [6, 6.07) is 5.73. The minimum absolute atomic E-state index is 0.171. The molecule has 0 aromatic heterocycles. The first kappa shape index (κ1) is 20.4. The van der Waals surface area contributed by atoms with E-state index in [1.165, 1.54) is 43.0 Å². The van der Waals surface area contributed by atoms with Crippen molar-refractivity contribution in [1.29, 1.82) is 0 Å². The van der Waals surface area contributed by atoms with Crippen molar-refractivity contribution in [3.63, 3.8) is 0 Å². The third kappa shape index (κ3) is 5.20. The van der Waals surface area contributed by atoms with Gasteiger partial charge in [-0.15, -0.1) is 4.40 Å². The normalized spacial score (nSPS) is 14.8. The highest BCUT2D eigenvalue weighted by atomic mass is 32.2.